The van der Waals surface area contributed by atoms with Crippen LogP contribution in [0.25, 0.3) is 11.3 Å². The van der Waals surface area contributed by atoms with Crippen molar-refractivity contribution in [2.45, 2.75) is 13.1 Å². The van der Waals surface area contributed by atoms with Crippen LogP contribution < -0.4 is 5.32 Å². The van der Waals surface area contributed by atoms with Gasteiger partial charge in [-0.2, -0.15) is 0 Å². The highest BCUT2D eigenvalue weighted by Crippen LogP contribution is 2.31. The third-order valence-electron chi connectivity index (χ3n) is 3.13. The highest BCUT2D eigenvalue weighted by Gasteiger charge is 2.10. The first-order valence-corrected chi connectivity index (χ1v) is 7.36. The van der Waals surface area contributed by atoms with Gasteiger partial charge in [-0.3, -0.25) is 0 Å². The van der Waals surface area contributed by atoms with Crippen molar-refractivity contribution in [3.05, 3.63) is 70.3 Å². The lowest BCUT2D eigenvalue weighted by molar-refractivity contribution is -0.689. The molecule has 0 aliphatic carbocycles. The van der Waals surface area contributed by atoms with Gasteiger partial charge in [-0.1, -0.05) is 23.2 Å². The molecule has 5 heteroatoms. The van der Waals surface area contributed by atoms with E-state index in [4.69, 9.17) is 32.0 Å². The van der Waals surface area contributed by atoms with E-state index in [0.29, 0.717) is 10.0 Å². The molecule has 0 unspecified atom stereocenters. The Hall–Kier alpha value is -1.68. The first-order chi connectivity index (χ1) is 10.2. The monoisotopic (exact) mass is 322 g/mol. The molecule has 0 aliphatic heterocycles. The van der Waals surface area contributed by atoms with Crippen LogP contribution in [-0.2, 0) is 13.1 Å². The summed E-state index contributed by atoms with van der Waals surface area (Å²) in [5.74, 6) is 2.55. The molecule has 108 valence electrons. The third-order valence-corrected chi connectivity index (χ3v) is 3.69. The van der Waals surface area contributed by atoms with E-state index in [1.54, 1.807) is 24.5 Å². The van der Waals surface area contributed by atoms with Gasteiger partial charge in [-0.25, -0.2) is 0 Å². The molecule has 3 rings (SSSR count). The summed E-state index contributed by atoms with van der Waals surface area (Å²) in [5.41, 5.74) is 0.807. The Morgan fingerprint density at radius 3 is 2.62 bits per heavy atom. The van der Waals surface area contributed by atoms with Crippen LogP contribution in [0, 0.1) is 0 Å². The lowest BCUT2D eigenvalue weighted by Crippen LogP contribution is -2.80. The molecule has 0 saturated carbocycles. The van der Waals surface area contributed by atoms with E-state index in [0.717, 1.165) is 35.9 Å². The van der Waals surface area contributed by atoms with E-state index in [1.165, 1.54) is 0 Å². The summed E-state index contributed by atoms with van der Waals surface area (Å²) >= 11 is 12.2. The van der Waals surface area contributed by atoms with Crippen LogP contribution in [-0.4, -0.2) is 0 Å². The Labute approximate surface area is 132 Å². The van der Waals surface area contributed by atoms with Crippen LogP contribution in [0.1, 0.15) is 11.5 Å². The number of benzene rings is 1. The van der Waals surface area contributed by atoms with Crippen molar-refractivity contribution < 1.29 is 14.2 Å². The maximum absolute atomic E-state index is 6.17. The fourth-order valence-corrected chi connectivity index (χ4v) is 2.49. The van der Waals surface area contributed by atoms with Gasteiger partial charge < -0.3 is 14.2 Å². The number of halogens is 2. The normalized spacial score (nSPS) is 11.0. The second-order valence-corrected chi connectivity index (χ2v) is 5.51. The van der Waals surface area contributed by atoms with E-state index < -0.39 is 0 Å². The molecule has 1 aromatic carbocycles. The van der Waals surface area contributed by atoms with Crippen LogP contribution in [0.5, 0.6) is 0 Å². The molecule has 0 radical (unpaired) electrons. The molecule has 0 bridgehead atoms. The molecule has 21 heavy (non-hydrogen) atoms. The number of hydrogen-bond acceptors (Lipinski definition) is 2. The maximum atomic E-state index is 6.17. The molecule has 0 aliphatic rings. The average Bonchev–Trinajstić information content (AvgIpc) is 3.13. The summed E-state index contributed by atoms with van der Waals surface area (Å²) in [6.45, 7) is 1.51. The molecule has 0 spiro atoms. The topological polar surface area (TPSA) is 42.9 Å². The van der Waals surface area contributed by atoms with E-state index in [-0.39, 0.29) is 0 Å². The lowest BCUT2D eigenvalue weighted by Gasteiger charge is -2.01. The zero-order valence-electron chi connectivity index (χ0n) is 11.2. The van der Waals surface area contributed by atoms with Crippen LogP contribution in [0.15, 0.2) is 57.6 Å². The smallest absolute Gasteiger partial charge is 0.158 e. The van der Waals surface area contributed by atoms with Gasteiger partial charge in [0.25, 0.3) is 0 Å². The van der Waals surface area contributed by atoms with Gasteiger partial charge in [0.05, 0.1) is 11.3 Å². The van der Waals surface area contributed by atoms with Crippen LogP contribution >= 0.6 is 23.2 Å². The molecular formula is C16H14Cl2NO2+. The van der Waals surface area contributed by atoms with E-state index in [9.17, 15) is 0 Å². The zero-order valence-corrected chi connectivity index (χ0v) is 12.7. The highest BCUT2D eigenvalue weighted by atomic mass is 35.5. The highest BCUT2D eigenvalue weighted by molar-refractivity contribution is 6.35. The molecule has 3 aromatic rings. The van der Waals surface area contributed by atoms with Gasteiger partial charge in [0.15, 0.2) is 11.5 Å². The fraction of sp³-hybridized carbons (Fsp3) is 0.125. The predicted molar refractivity (Wildman–Crippen MR) is 82.2 cm³/mol. The van der Waals surface area contributed by atoms with Crippen molar-refractivity contribution in [1.29, 1.82) is 0 Å². The molecule has 2 aromatic heterocycles. The Morgan fingerprint density at radius 2 is 1.81 bits per heavy atom. The summed E-state index contributed by atoms with van der Waals surface area (Å²) in [6, 6.07) is 13.0. The number of furan rings is 2. The Kier molecular flexibility index (Phi) is 4.34. The standard InChI is InChI=1S/C16H13Cl2NO2/c17-11-3-5-15(18)14(8-11)16-6-4-13(21-16)10-19-9-12-2-1-7-20-12/h1-8,19H,9-10H2/p+1. The van der Waals surface area contributed by atoms with Crippen molar-refractivity contribution in [3.8, 4) is 11.3 Å². The van der Waals surface area contributed by atoms with Gasteiger partial charge >= 0.3 is 0 Å². The molecule has 0 fully saturated rings. The fourth-order valence-electron chi connectivity index (χ4n) is 2.10. The number of hydrogen-bond donors (Lipinski definition) is 1. The SMILES string of the molecule is Clc1ccc(Cl)c(-c2ccc(C[NH2+]Cc3ccco3)o2)c1. The third kappa shape index (κ3) is 3.50. The molecule has 0 saturated heterocycles. The summed E-state index contributed by atoms with van der Waals surface area (Å²) in [5, 5.41) is 3.37. The van der Waals surface area contributed by atoms with Crippen molar-refractivity contribution in [2.75, 3.05) is 0 Å². The predicted octanol–water partition coefficient (Wildman–Crippen LogP) is 4.11. The number of nitrogens with two attached hydrogens (primary N) is 1. The first kappa shape index (κ1) is 14.3. The maximum Gasteiger partial charge on any atom is 0.158 e. The van der Waals surface area contributed by atoms with Crippen molar-refractivity contribution in [2.24, 2.45) is 0 Å². The van der Waals surface area contributed by atoms with Crippen molar-refractivity contribution in [1.82, 2.24) is 0 Å². The number of quaternary nitrogens is 1. The quantitative estimate of drug-likeness (QED) is 0.768. The van der Waals surface area contributed by atoms with E-state index >= 15 is 0 Å². The van der Waals surface area contributed by atoms with Gasteiger partial charge in [-0.15, -0.1) is 0 Å². The molecule has 0 amide bonds. The van der Waals surface area contributed by atoms with Crippen molar-refractivity contribution in [3.63, 3.8) is 0 Å². The Bertz CT molecular complexity index is 720. The second kappa shape index (κ2) is 6.39. The average molecular weight is 323 g/mol. The van der Waals surface area contributed by atoms with Crippen molar-refractivity contribution >= 4 is 23.2 Å². The molecular weight excluding hydrogens is 309 g/mol. The number of rotatable bonds is 5. The lowest BCUT2D eigenvalue weighted by atomic mass is 10.2. The minimum absolute atomic E-state index is 0.625. The summed E-state index contributed by atoms with van der Waals surface area (Å²) < 4.78 is 11.1. The first-order valence-electron chi connectivity index (χ1n) is 6.60. The van der Waals surface area contributed by atoms with Crippen LogP contribution in [0.4, 0.5) is 0 Å². The minimum atomic E-state index is 0.625. The second-order valence-electron chi connectivity index (χ2n) is 4.67. The Morgan fingerprint density at radius 1 is 0.952 bits per heavy atom. The molecule has 2 N–H and O–H groups in total. The largest absolute Gasteiger partial charge is 0.463 e. The summed E-state index contributed by atoms with van der Waals surface area (Å²) in [7, 11) is 0. The molecule has 0 atom stereocenters. The van der Waals surface area contributed by atoms with Gasteiger partial charge in [0, 0.05) is 10.6 Å². The van der Waals surface area contributed by atoms with Gasteiger partial charge in [-0.05, 0) is 42.5 Å². The van der Waals surface area contributed by atoms with Crippen LogP contribution in [0.3, 0.4) is 0 Å². The van der Waals surface area contributed by atoms with E-state index in [2.05, 4.69) is 5.32 Å². The molecule has 2 heterocycles. The molecule has 3 nitrogen and oxygen atoms in total. The Balaban J connectivity index is 1.67. The minimum Gasteiger partial charge on any atom is -0.463 e. The van der Waals surface area contributed by atoms with Crippen LogP contribution in [0.2, 0.25) is 10.0 Å². The van der Waals surface area contributed by atoms with E-state index in [1.807, 2.05) is 24.3 Å². The summed E-state index contributed by atoms with van der Waals surface area (Å²) in [4.78, 5) is 0. The zero-order chi connectivity index (χ0) is 14.7. The van der Waals surface area contributed by atoms with Gasteiger partial charge in [0.2, 0.25) is 0 Å². The summed E-state index contributed by atoms with van der Waals surface area (Å²) in [6.07, 6.45) is 1.68. The van der Waals surface area contributed by atoms with Gasteiger partial charge in [0.1, 0.15) is 18.8 Å².